The zero-order valence-electron chi connectivity index (χ0n) is 16.1. The van der Waals surface area contributed by atoms with Crippen molar-refractivity contribution < 1.29 is 4.79 Å². The van der Waals surface area contributed by atoms with Crippen molar-refractivity contribution in [3.05, 3.63) is 82.1 Å². The molecule has 0 atom stereocenters. The van der Waals surface area contributed by atoms with Gasteiger partial charge in [0.15, 0.2) is 5.16 Å². The van der Waals surface area contributed by atoms with E-state index in [4.69, 9.17) is 23.2 Å². The van der Waals surface area contributed by atoms with Crippen LogP contribution in [0, 0.1) is 0 Å². The van der Waals surface area contributed by atoms with Gasteiger partial charge >= 0.3 is 0 Å². The Hall–Kier alpha value is -2.54. The fourth-order valence-corrected chi connectivity index (χ4v) is 4.24. The van der Waals surface area contributed by atoms with Gasteiger partial charge in [-0.3, -0.25) is 4.79 Å². The zero-order valence-corrected chi connectivity index (χ0v) is 18.4. The number of nitrogens with zero attached hydrogens (tertiary/aromatic N) is 3. The summed E-state index contributed by atoms with van der Waals surface area (Å²) in [7, 11) is 1.91. The van der Waals surface area contributed by atoms with Crippen molar-refractivity contribution >= 4 is 57.3 Å². The van der Waals surface area contributed by atoms with E-state index in [2.05, 4.69) is 45.8 Å². The summed E-state index contributed by atoms with van der Waals surface area (Å²) in [5, 5.41) is 15.2. The Kier molecular flexibility index (Phi) is 6.27. The maximum Gasteiger partial charge on any atom is 0.234 e. The average Bonchev–Trinajstić information content (AvgIpc) is 3.09. The Morgan fingerprint density at radius 1 is 1.03 bits per heavy atom. The van der Waals surface area contributed by atoms with Crippen LogP contribution in [-0.2, 0) is 18.3 Å². The van der Waals surface area contributed by atoms with Gasteiger partial charge in [0.1, 0.15) is 5.82 Å². The second kappa shape index (κ2) is 9.08. The fraction of sp³-hybridized carbons (Fsp3) is 0.136. The number of carbonyl (C=O) groups is 1. The summed E-state index contributed by atoms with van der Waals surface area (Å²) in [6.45, 7) is 0. The molecule has 0 saturated heterocycles. The van der Waals surface area contributed by atoms with Gasteiger partial charge in [0.25, 0.3) is 0 Å². The molecule has 0 aliphatic heterocycles. The first-order valence-electron chi connectivity index (χ1n) is 9.24. The van der Waals surface area contributed by atoms with Crippen LogP contribution < -0.4 is 5.32 Å². The minimum Gasteiger partial charge on any atom is -0.324 e. The van der Waals surface area contributed by atoms with E-state index in [9.17, 15) is 4.79 Å². The van der Waals surface area contributed by atoms with Gasteiger partial charge in [0.2, 0.25) is 5.91 Å². The predicted molar refractivity (Wildman–Crippen MR) is 124 cm³/mol. The van der Waals surface area contributed by atoms with Gasteiger partial charge in [-0.1, -0.05) is 83.5 Å². The van der Waals surface area contributed by atoms with Gasteiger partial charge in [0, 0.05) is 13.5 Å². The van der Waals surface area contributed by atoms with Crippen LogP contribution in [0.3, 0.4) is 0 Å². The topological polar surface area (TPSA) is 59.8 Å². The molecule has 1 heterocycles. The van der Waals surface area contributed by atoms with E-state index in [1.54, 1.807) is 18.2 Å². The highest BCUT2D eigenvalue weighted by Gasteiger charge is 2.14. The number of amides is 1. The number of nitrogens with one attached hydrogen (secondary N) is 1. The largest absolute Gasteiger partial charge is 0.324 e. The van der Waals surface area contributed by atoms with E-state index in [0.29, 0.717) is 27.3 Å². The molecule has 0 saturated carbocycles. The average molecular weight is 457 g/mol. The zero-order chi connectivity index (χ0) is 21.1. The lowest BCUT2D eigenvalue weighted by Gasteiger charge is -2.08. The molecule has 0 aliphatic rings. The highest BCUT2D eigenvalue weighted by molar-refractivity contribution is 7.99. The first-order valence-corrected chi connectivity index (χ1v) is 11.0. The molecule has 8 heteroatoms. The Morgan fingerprint density at radius 3 is 2.67 bits per heavy atom. The molecule has 30 heavy (non-hydrogen) atoms. The molecule has 0 unspecified atom stereocenters. The van der Waals surface area contributed by atoms with Crippen molar-refractivity contribution in [2.75, 3.05) is 11.1 Å². The number of fused-ring (bicyclic) bond motifs is 1. The lowest BCUT2D eigenvalue weighted by Crippen LogP contribution is -2.15. The summed E-state index contributed by atoms with van der Waals surface area (Å²) in [6.07, 6.45) is 0.662. The molecular formula is C22H18Cl2N4OS. The molecule has 0 aliphatic carbocycles. The fourth-order valence-electron chi connectivity index (χ4n) is 3.16. The third-order valence-electron chi connectivity index (χ3n) is 4.71. The SMILES string of the molecule is Cn1c(Cc2cccc3ccccc23)nnc1SCC(=O)Nc1cccc(Cl)c1Cl. The molecule has 0 spiro atoms. The van der Waals surface area contributed by atoms with Crippen LogP contribution in [0.2, 0.25) is 10.0 Å². The van der Waals surface area contributed by atoms with Crippen molar-refractivity contribution in [2.45, 2.75) is 11.6 Å². The number of aromatic nitrogens is 3. The quantitative estimate of drug-likeness (QED) is 0.383. The number of carbonyl (C=O) groups excluding carboxylic acids is 1. The van der Waals surface area contributed by atoms with Gasteiger partial charge in [-0.2, -0.15) is 0 Å². The van der Waals surface area contributed by atoms with E-state index < -0.39 is 0 Å². The normalized spacial score (nSPS) is 11.0. The Balaban J connectivity index is 1.43. The minimum atomic E-state index is -0.192. The molecule has 0 bridgehead atoms. The van der Waals surface area contributed by atoms with Crippen LogP contribution in [-0.4, -0.2) is 26.4 Å². The Morgan fingerprint density at radius 2 is 1.80 bits per heavy atom. The van der Waals surface area contributed by atoms with Crippen LogP contribution in [0.25, 0.3) is 10.8 Å². The summed E-state index contributed by atoms with van der Waals surface area (Å²) >= 11 is 13.4. The molecule has 1 amide bonds. The predicted octanol–water partition coefficient (Wildman–Crippen LogP) is 5.60. The highest BCUT2D eigenvalue weighted by atomic mass is 35.5. The third kappa shape index (κ3) is 4.46. The third-order valence-corrected chi connectivity index (χ3v) is 6.55. The van der Waals surface area contributed by atoms with Crippen LogP contribution in [0.1, 0.15) is 11.4 Å². The van der Waals surface area contributed by atoms with E-state index >= 15 is 0 Å². The van der Waals surface area contributed by atoms with Crippen molar-refractivity contribution in [1.29, 1.82) is 0 Å². The molecule has 1 N–H and O–H groups in total. The van der Waals surface area contributed by atoms with Gasteiger partial charge in [-0.05, 0) is 28.5 Å². The Labute approximate surface area is 188 Å². The summed E-state index contributed by atoms with van der Waals surface area (Å²) in [4.78, 5) is 12.3. The Bertz CT molecular complexity index is 1220. The number of rotatable bonds is 6. The first-order chi connectivity index (χ1) is 14.5. The standard InChI is InChI=1S/C22H18Cl2N4OS/c1-28-19(12-15-8-4-7-14-6-2-3-9-16(14)15)26-27-22(28)30-13-20(29)25-18-11-5-10-17(23)21(18)24/h2-11H,12-13H2,1H3,(H,25,29). The van der Waals surface area contributed by atoms with Crippen molar-refractivity contribution in [2.24, 2.45) is 7.05 Å². The summed E-state index contributed by atoms with van der Waals surface area (Å²) in [5.41, 5.74) is 1.68. The van der Waals surface area contributed by atoms with Crippen molar-refractivity contribution in [3.63, 3.8) is 0 Å². The van der Waals surface area contributed by atoms with Gasteiger partial charge in [-0.25, -0.2) is 0 Å². The van der Waals surface area contributed by atoms with Crippen LogP contribution in [0.15, 0.2) is 65.8 Å². The molecule has 5 nitrogen and oxygen atoms in total. The second-order valence-corrected chi connectivity index (χ2v) is 8.44. The lowest BCUT2D eigenvalue weighted by atomic mass is 10.0. The van der Waals surface area contributed by atoms with Gasteiger partial charge in [0.05, 0.1) is 21.5 Å². The molecular weight excluding hydrogens is 439 g/mol. The number of benzene rings is 3. The highest BCUT2D eigenvalue weighted by Crippen LogP contribution is 2.30. The van der Waals surface area contributed by atoms with Crippen LogP contribution in [0.5, 0.6) is 0 Å². The smallest absolute Gasteiger partial charge is 0.234 e. The summed E-state index contributed by atoms with van der Waals surface area (Å²) in [6, 6.07) is 19.7. The number of thioether (sulfide) groups is 1. The molecule has 1 aromatic heterocycles. The molecule has 0 fully saturated rings. The van der Waals surface area contributed by atoms with Gasteiger partial charge in [-0.15, -0.1) is 10.2 Å². The van der Waals surface area contributed by atoms with Crippen molar-refractivity contribution in [1.82, 2.24) is 14.8 Å². The number of anilines is 1. The molecule has 4 aromatic rings. The van der Waals surface area contributed by atoms with E-state index in [0.717, 1.165) is 5.82 Å². The maximum absolute atomic E-state index is 12.3. The molecule has 0 radical (unpaired) electrons. The lowest BCUT2D eigenvalue weighted by molar-refractivity contribution is -0.113. The second-order valence-electron chi connectivity index (χ2n) is 6.71. The first kappa shape index (κ1) is 20.7. The molecule has 152 valence electrons. The van der Waals surface area contributed by atoms with Crippen molar-refractivity contribution in [3.8, 4) is 0 Å². The monoisotopic (exact) mass is 456 g/mol. The van der Waals surface area contributed by atoms with E-state index in [1.807, 2.05) is 23.7 Å². The van der Waals surface area contributed by atoms with Gasteiger partial charge < -0.3 is 9.88 Å². The summed E-state index contributed by atoms with van der Waals surface area (Å²) in [5.74, 6) is 0.832. The number of halogens is 2. The molecule has 4 rings (SSSR count). The molecule has 3 aromatic carbocycles. The van der Waals surface area contributed by atoms with Crippen LogP contribution >= 0.6 is 35.0 Å². The van der Waals surface area contributed by atoms with E-state index in [-0.39, 0.29) is 11.7 Å². The van der Waals surface area contributed by atoms with Crippen LogP contribution in [0.4, 0.5) is 5.69 Å². The maximum atomic E-state index is 12.3. The number of hydrogen-bond donors (Lipinski definition) is 1. The summed E-state index contributed by atoms with van der Waals surface area (Å²) < 4.78 is 1.92. The minimum absolute atomic E-state index is 0.184. The van der Waals surface area contributed by atoms with E-state index in [1.165, 1.54) is 28.1 Å². The number of hydrogen-bond acceptors (Lipinski definition) is 4.